The predicted octanol–water partition coefficient (Wildman–Crippen LogP) is 1.67. The van der Waals surface area contributed by atoms with E-state index < -0.39 is 0 Å². The highest BCUT2D eigenvalue weighted by Gasteiger charge is 2.24. The number of aromatic nitrogens is 2. The van der Waals surface area contributed by atoms with Crippen molar-refractivity contribution in [3.05, 3.63) is 48.3 Å². The van der Waals surface area contributed by atoms with Crippen LogP contribution in [0.25, 0.3) is 0 Å². The lowest BCUT2D eigenvalue weighted by molar-refractivity contribution is -0.130. The molecule has 0 radical (unpaired) electrons. The van der Waals surface area contributed by atoms with Crippen LogP contribution in [0.4, 0.5) is 5.69 Å². The van der Waals surface area contributed by atoms with Gasteiger partial charge in [0, 0.05) is 38.1 Å². The Morgan fingerprint density at radius 1 is 1.19 bits per heavy atom. The molecular weight excluding hydrogens is 354 g/mol. The Hall–Kier alpha value is -2.54. The van der Waals surface area contributed by atoms with Crippen LogP contribution in [0.3, 0.4) is 0 Å². The number of nitrogens with one attached hydrogen (secondary N) is 2. The van der Waals surface area contributed by atoms with E-state index in [-0.39, 0.29) is 36.8 Å². The zero-order chi connectivity index (χ0) is 17.6. The Morgan fingerprint density at radius 3 is 2.50 bits per heavy atom. The molecule has 0 spiro atoms. The molecule has 0 atom stereocenters. The highest BCUT2D eigenvalue weighted by Crippen LogP contribution is 2.12. The third-order valence-electron chi connectivity index (χ3n) is 4.37. The molecule has 1 aromatic carbocycles. The fourth-order valence-corrected chi connectivity index (χ4v) is 2.93. The van der Waals surface area contributed by atoms with Gasteiger partial charge in [0.1, 0.15) is 0 Å². The summed E-state index contributed by atoms with van der Waals surface area (Å²) in [6.07, 6.45) is 4.79. The number of carbonyl (C=O) groups excluding carboxylic acids is 2. The summed E-state index contributed by atoms with van der Waals surface area (Å²) in [7, 11) is 1.78. The van der Waals surface area contributed by atoms with Crippen molar-refractivity contribution in [3.8, 4) is 0 Å². The number of para-hydroxylation sites is 1. The first-order valence-electron chi connectivity index (χ1n) is 8.48. The SMILES string of the molecule is Cl.Cn1cc(C(=O)NC2CCN(C(=O)CNc3ccccc3)CC2)cn1. The topological polar surface area (TPSA) is 79.3 Å². The second-order valence-corrected chi connectivity index (χ2v) is 6.25. The van der Waals surface area contributed by atoms with E-state index in [1.807, 2.05) is 35.2 Å². The van der Waals surface area contributed by atoms with E-state index in [4.69, 9.17) is 0 Å². The van der Waals surface area contributed by atoms with Crippen molar-refractivity contribution >= 4 is 29.9 Å². The lowest BCUT2D eigenvalue weighted by atomic mass is 10.0. The van der Waals surface area contributed by atoms with Gasteiger partial charge in [-0.2, -0.15) is 5.10 Å². The first kappa shape index (κ1) is 19.8. The fourth-order valence-electron chi connectivity index (χ4n) is 2.93. The number of halogens is 1. The number of nitrogens with zero attached hydrogens (tertiary/aromatic N) is 3. The number of anilines is 1. The second kappa shape index (κ2) is 9.24. The maximum absolute atomic E-state index is 12.3. The van der Waals surface area contributed by atoms with Gasteiger partial charge in [0.05, 0.1) is 18.3 Å². The van der Waals surface area contributed by atoms with Gasteiger partial charge in [-0.15, -0.1) is 12.4 Å². The number of rotatable bonds is 5. The van der Waals surface area contributed by atoms with Crippen LogP contribution in [0.15, 0.2) is 42.7 Å². The van der Waals surface area contributed by atoms with E-state index in [0.717, 1.165) is 18.5 Å². The third kappa shape index (κ3) is 5.23. The van der Waals surface area contributed by atoms with Crippen LogP contribution >= 0.6 is 12.4 Å². The molecule has 2 N–H and O–H groups in total. The number of piperidine rings is 1. The first-order chi connectivity index (χ1) is 12.1. The van der Waals surface area contributed by atoms with E-state index in [2.05, 4.69) is 15.7 Å². The molecule has 2 aromatic rings. The van der Waals surface area contributed by atoms with Crippen LogP contribution in [-0.4, -0.2) is 52.2 Å². The summed E-state index contributed by atoms with van der Waals surface area (Å²) in [5.74, 6) is -0.0236. The first-order valence-corrected chi connectivity index (χ1v) is 8.48. The summed E-state index contributed by atoms with van der Waals surface area (Å²) in [5.41, 5.74) is 1.50. The number of carbonyl (C=O) groups is 2. The van der Waals surface area contributed by atoms with Gasteiger partial charge >= 0.3 is 0 Å². The predicted molar refractivity (Wildman–Crippen MR) is 102 cm³/mol. The van der Waals surface area contributed by atoms with Crippen molar-refractivity contribution in [2.24, 2.45) is 7.05 Å². The number of aryl methyl sites for hydroxylation is 1. The molecule has 8 heteroatoms. The molecular formula is C18H24ClN5O2. The van der Waals surface area contributed by atoms with Crippen molar-refractivity contribution in [1.29, 1.82) is 0 Å². The van der Waals surface area contributed by atoms with Crippen LogP contribution in [0, 0.1) is 0 Å². The van der Waals surface area contributed by atoms with Crippen molar-refractivity contribution in [1.82, 2.24) is 20.0 Å². The quantitative estimate of drug-likeness (QED) is 0.830. The summed E-state index contributed by atoms with van der Waals surface area (Å²) in [6.45, 7) is 1.61. The maximum Gasteiger partial charge on any atom is 0.254 e. The average Bonchev–Trinajstić information content (AvgIpc) is 3.08. The molecule has 140 valence electrons. The molecule has 1 aliphatic rings. The second-order valence-electron chi connectivity index (χ2n) is 6.25. The van der Waals surface area contributed by atoms with Crippen LogP contribution in [0.5, 0.6) is 0 Å². The minimum Gasteiger partial charge on any atom is -0.376 e. The summed E-state index contributed by atoms with van der Waals surface area (Å²) in [6, 6.07) is 9.78. The summed E-state index contributed by atoms with van der Waals surface area (Å²) in [5, 5.41) is 10.2. The van der Waals surface area contributed by atoms with Gasteiger partial charge in [-0.25, -0.2) is 0 Å². The maximum atomic E-state index is 12.3. The van der Waals surface area contributed by atoms with Gasteiger partial charge in [0.2, 0.25) is 5.91 Å². The molecule has 0 saturated carbocycles. The molecule has 0 unspecified atom stereocenters. The van der Waals surface area contributed by atoms with Crippen molar-refractivity contribution in [2.45, 2.75) is 18.9 Å². The Labute approximate surface area is 159 Å². The lowest BCUT2D eigenvalue weighted by Gasteiger charge is -2.32. The van der Waals surface area contributed by atoms with Gasteiger partial charge in [0.25, 0.3) is 5.91 Å². The van der Waals surface area contributed by atoms with Gasteiger partial charge in [0.15, 0.2) is 0 Å². The van der Waals surface area contributed by atoms with Gasteiger partial charge in [-0.3, -0.25) is 14.3 Å². The van der Waals surface area contributed by atoms with Crippen LogP contribution < -0.4 is 10.6 Å². The minimum atomic E-state index is -0.108. The van der Waals surface area contributed by atoms with Crippen molar-refractivity contribution < 1.29 is 9.59 Å². The van der Waals surface area contributed by atoms with Crippen molar-refractivity contribution in [3.63, 3.8) is 0 Å². The third-order valence-corrected chi connectivity index (χ3v) is 4.37. The molecule has 0 aliphatic carbocycles. The fraction of sp³-hybridized carbons (Fsp3) is 0.389. The number of hydrogen-bond acceptors (Lipinski definition) is 4. The monoisotopic (exact) mass is 377 g/mol. The largest absolute Gasteiger partial charge is 0.376 e. The zero-order valence-electron chi connectivity index (χ0n) is 14.7. The number of hydrogen-bond donors (Lipinski definition) is 2. The smallest absolute Gasteiger partial charge is 0.254 e. The average molecular weight is 378 g/mol. The molecule has 2 amide bonds. The van der Waals surface area contributed by atoms with E-state index in [9.17, 15) is 9.59 Å². The Kier molecular flexibility index (Phi) is 7.03. The highest BCUT2D eigenvalue weighted by atomic mass is 35.5. The number of likely N-dealkylation sites (tertiary alicyclic amines) is 1. The molecule has 0 bridgehead atoms. The van der Waals surface area contributed by atoms with Gasteiger partial charge in [-0.1, -0.05) is 18.2 Å². The molecule has 1 aliphatic heterocycles. The van der Waals surface area contributed by atoms with Gasteiger partial charge < -0.3 is 15.5 Å². The summed E-state index contributed by atoms with van der Waals surface area (Å²) in [4.78, 5) is 26.3. The Balaban J connectivity index is 0.00000243. The molecule has 1 saturated heterocycles. The van der Waals surface area contributed by atoms with E-state index in [1.165, 1.54) is 0 Å². The van der Waals surface area contributed by atoms with Gasteiger partial charge in [-0.05, 0) is 25.0 Å². The van der Waals surface area contributed by atoms with Crippen LogP contribution in [-0.2, 0) is 11.8 Å². The highest BCUT2D eigenvalue weighted by molar-refractivity contribution is 5.93. The Morgan fingerprint density at radius 2 is 1.88 bits per heavy atom. The van der Waals surface area contributed by atoms with E-state index >= 15 is 0 Å². The lowest BCUT2D eigenvalue weighted by Crippen LogP contribution is -2.47. The molecule has 3 rings (SSSR count). The molecule has 1 aromatic heterocycles. The minimum absolute atomic E-state index is 0. The molecule has 1 fully saturated rings. The normalized spacial score (nSPS) is 14.4. The number of amides is 2. The molecule has 2 heterocycles. The Bertz CT molecular complexity index is 726. The standard InChI is InChI=1S/C18H23N5O2.ClH/c1-22-13-14(11-20-22)18(25)21-16-7-9-23(10-8-16)17(24)12-19-15-5-3-2-4-6-15;/h2-6,11,13,16,19H,7-10,12H2,1H3,(H,21,25);1H. The summed E-state index contributed by atoms with van der Waals surface area (Å²) < 4.78 is 1.61. The summed E-state index contributed by atoms with van der Waals surface area (Å²) >= 11 is 0. The van der Waals surface area contributed by atoms with E-state index in [0.29, 0.717) is 18.7 Å². The van der Waals surface area contributed by atoms with Crippen LogP contribution in [0.1, 0.15) is 23.2 Å². The number of benzene rings is 1. The zero-order valence-corrected chi connectivity index (χ0v) is 15.5. The van der Waals surface area contributed by atoms with E-state index in [1.54, 1.807) is 24.1 Å². The van der Waals surface area contributed by atoms with Crippen molar-refractivity contribution in [2.75, 3.05) is 25.0 Å². The molecule has 7 nitrogen and oxygen atoms in total. The molecule has 26 heavy (non-hydrogen) atoms. The van der Waals surface area contributed by atoms with Crippen LogP contribution in [0.2, 0.25) is 0 Å².